The van der Waals surface area contributed by atoms with Crippen molar-refractivity contribution in [2.45, 2.75) is 97.1 Å². The Bertz CT molecular complexity index is 1880. The van der Waals surface area contributed by atoms with Gasteiger partial charge in [-0.25, -0.2) is 9.36 Å². The van der Waals surface area contributed by atoms with E-state index in [1.54, 1.807) is 9.36 Å². The minimum atomic E-state index is -0.434. The van der Waals surface area contributed by atoms with Gasteiger partial charge in [-0.3, -0.25) is 9.59 Å². The van der Waals surface area contributed by atoms with Gasteiger partial charge in [-0.15, -0.1) is 16.6 Å². The molecule has 3 unspecified atom stereocenters. The topological polar surface area (TPSA) is 242 Å². The maximum absolute atomic E-state index is 14.2. The first-order chi connectivity index (χ1) is 31.8. The van der Waals surface area contributed by atoms with Crippen LogP contribution in [0, 0.1) is 18.3 Å². The van der Waals surface area contributed by atoms with Gasteiger partial charge in [-0.1, -0.05) is 50.0 Å². The van der Waals surface area contributed by atoms with Gasteiger partial charge in [0.05, 0.1) is 57.5 Å². The summed E-state index contributed by atoms with van der Waals surface area (Å²) in [6.07, 6.45) is 18.2. The first kappa shape index (κ1) is 53.9. The highest BCUT2D eigenvalue weighted by molar-refractivity contribution is 5.81. The number of hydrogen-bond donors (Lipinski definition) is 3. The first-order valence-electron chi connectivity index (χ1n) is 23.9. The Balaban J connectivity index is 0.00000952. The number of halogens is 1. The predicted octanol–water partition coefficient (Wildman–Crippen LogP) is -2.70. The Labute approximate surface area is 396 Å². The summed E-state index contributed by atoms with van der Waals surface area (Å²) in [6, 6.07) is -0.846. The number of hydrogen-bond acceptors (Lipinski definition) is 15. The van der Waals surface area contributed by atoms with Gasteiger partial charge in [-0.2, -0.15) is 15.0 Å². The van der Waals surface area contributed by atoms with E-state index in [0.717, 1.165) is 82.3 Å². The number of amides is 2. The quantitative estimate of drug-likeness (QED) is 0.0455. The number of nitrogens with one attached hydrogen (secondary N) is 1. The lowest BCUT2D eigenvalue weighted by atomic mass is 9.97. The number of aryl methyl sites for hydroxylation is 2. The van der Waals surface area contributed by atoms with Crippen LogP contribution in [0.2, 0.25) is 0 Å². The minimum Gasteiger partial charge on any atom is -1.00 e. The smallest absolute Gasteiger partial charge is 0.247 e. The molecule has 7 N–H and O–H groups in total. The molecule has 0 spiro atoms. The monoisotopic (exact) mass is 944 g/mol. The van der Waals surface area contributed by atoms with E-state index in [0.29, 0.717) is 116 Å². The highest BCUT2D eigenvalue weighted by atomic mass is 35.5. The van der Waals surface area contributed by atoms with Crippen LogP contribution in [0.1, 0.15) is 95.6 Å². The van der Waals surface area contributed by atoms with Crippen LogP contribution >= 0.6 is 0 Å². The Hall–Kier alpha value is -4.72. The molecule has 22 heteroatoms. The molecule has 2 saturated heterocycles. The molecule has 0 bridgehead atoms. The molecule has 2 fully saturated rings. The zero-order valence-corrected chi connectivity index (χ0v) is 40.5. The van der Waals surface area contributed by atoms with E-state index in [4.69, 9.17) is 35.6 Å². The molecule has 0 radical (unpaired) electrons. The van der Waals surface area contributed by atoms with E-state index < -0.39 is 12.1 Å². The lowest BCUT2D eigenvalue weighted by Crippen LogP contribution is -3.00. The van der Waals surface area contributed by atoms with Crippen molar-refractivity contribution >= 4 is 29.7 Å². The lowest BCUT2D eigenvalue weighted by Gasteiger charge is -2.38. The van der Waals surface area contributed by atoms with Gasteiger partial charge < -0.3 is 63.0 Å². The zero-order valence-electron chi connectivity index (χ0n) is 39.7. The Morgan fingerprint density at radius 1 is 0.727 bits per heavy atom. The van der Waals surface area contributed by atoms with Crippen molar-refractivity contribution < 1.29 is 47.7 Å². The summed E-state index contributed by atoms with van der Waals surface area (Å²) in [4.78, 5) is 51.1. The second kappa shape index (κ2) is 29.8. The molecule has 3 aromatic rings. The molecule has 2 aliphatic rings. The number of quaternary nitrogens is 2. The normalized spacial score (nSPS) is 15.6. The molecule has 66 heavy (non-hydrogen) atoms. The van der Waals surface area contributed by atoms with Gasteiger partial charge in [0.2, 0.25) is 29.7 Å². The number of unbranched alkanes of at least 4 members (excludes halogenated alkanes) is 3. The Morgan fingerprint density at radius 3 is 1.86 bits per heavy atom. The van der Waals surface area contributed by atoms with Crippen LogP contribution in [-0.4, -0.2) is 178 Å². The van der Waals surface area contributed by atoms with Gasteiger partial charge in [0, 0.05) is 71.3 Å². The molecule has 5 rings (SSSR count). The van der Waals surface area contributed by atoms with Crippen LogP contribution in [-0.2, 0) is 36.6 Å². The SMILES string of the molecule is C#CCOCCOCCOCCNc1nc(N2CCN(C(=O)C(CCCC[NH3+])n3cc(CCCC)nn3)CC2)nc(N2CCN(C(=O)C(C(C)CC)n3cc(CCCC[NH3+])nn3)CC2)n1.[Cl-]. The summed E-state index contributed by atoms with van der Waals surface area (Å²) in [6.45, 7) is 15.2. The molecular weight excluding hydrogens is 868 g/mol. The fraction of sp³-hybridized carbons (Fsp3) is 0.750. The van der Waals surface area contributed by atoms with E-state index in [9.17, 15) is 9.59 Å². The average Bonchev–Trinajstić information content (AvgIpc) is 4.01. The summed E-state index contributed by atoms with van der Waals surface area (Å²) >= 11 is 0. The summed E-state index contributed by atoms with van der Waals surface area (Å²) < 4.78 is 20.1. The zero-order chi connectivity index (χ0) is 46.2. The van der Waals surface area contributed by atoms with Gasteiger partial charge >= 0.3 is 0 Å². The van der Waals surface area contributed by atoms with Crippen molar-refractivity contribution in [3.8, 4) is 12.3 Å². The Morgan fingerprint density at radius 2 is 1.27 bits per heavy atom. The van der Waals surface area contributed by atoms with Crippen molar-refractivity contribution in [1.29, 1.82) is 0 Å². The summed E-state index contributed by atoms with van der Waals surface area (Å²) in [5.74, 6) is 4.10. The highest BCUT2D eigenvalue weighted by Gasteiger charge is 2.35. The fourth-order valence-corrected chi connectivity index (χ4v) is 7.88. The number of terminal acetylenes is 1. The van der Waals surface area contributed by atoms with Crippen molar-refractivity contribution in [3.63, 3.8) is 0 Å². The number of anilines is 3. The van der Waals surface area contributed by atoms with Crippen molar-refractivity contribution in [1.82, 2.24) is 54.7 Å². The third-order valence-electron chi connectivity index (χ3n) is 12.0. The van der Waals surface area contributed by atoms with Crippen molar-refractivity contribution in [2.75, 3.05) is 127 Å². The average molecular weight is 945 g/mol. The molecule has 2 aliphatic heterocycles. The van der Waals surface area contributed by atoms with E-state index in [-0.39, 0.29) is 36.7 Å². The van der Waals surface area contributed by atoms with Crippen LogP contribution < -0.4 is 39.0 Å². The van der Waals surface area contributed by atoms with E-state index >= 15 is 0 Å². The van der Waals surface area contributed by atoms with E-state index in [2.05, 4.69) is 73.9 Å². The molecule has 2 amide bonds. The summed E-state index contributed by atoms with van der Waals surface area (Å²) in [5, 5.41) is 21.0. The fourth-order valence-electron chi connectivity index (χ4n) is 7.88. The van der Waals surface area contributed by atoms with Gasteiger partial charge in [-0.05, 0) is 57.3 Å². The molecule has 3 atom stereocenters. The number of aromatic nitrogens is 9. The molecule has 0 aromatic carbocycles. The first-order valence-corrected chi connectivity index (χ1v) is 23.9. The number of carbonyl (C=O) groups is 2. The summed E-state index contributed by atoms with van der Waals surface area (Å²) in [5.41, 5.74) is 9.76. The maximum Gasteiger partial charge on any atom is 0.247 e. The van der Waals surface area contributed by atoms with E-state index in [1.807, 2.05) is 22.2 Å². The van der Waals surface area contributed by atoms with Gasteiger partial charge in [0.1, 0.15) is 18.7 Å². The standard InChI is InChI=1S/C44H74N16O5.ClH/c1-5-8-13-36-33-59(53-51-36)38(15-10-12-17-46)40(61)55-19-23-57(24-20-55)43-48-42(47-18-28-64-30-32-65-31-29-63-27-6-2)49-44(50-43)58-25-21-56(22-26-58)41(62)39(35(4)7-3)60-34-37(52-54-60)14-9-11-16-45;/h2,33-35,38-39H,5,7-32,45-46H2,1,3-4H3,(H,47,48,49,50);1H/p+1. The highest BCUT2D eigenvalue weighted by Crippen LogP contribution is 2.26. The summed E-state index contributed by atoms with van der Waals surface area (Å²) in [7, 11) is 0. The van der Waals surface area contributed by atoms with Crippen LogP contribution in [0.25, 0.3) is 0 Å². The second-order valence-corrected chi connectivity index (χ2v) is 16.8. The molecular formula is C44H76ClN16O5+. The molecule has 0 aliphatic carbocycles. The Kier molecular flexibility index (Phi) is 24.4. The maximum atomic E-state index is 14.2. The minimum absolute atomic E-state index is 0. The van der Waals surface area contributed by atoms with Crippen LogP contribution in [0.4, 0.5) is 17.8 Å². The van der Waals surface area contributed by atoms with Gasteiger partial charge in [0.15, 0.2) is 0 Å². The van der Waals surface area contributed by atoms with Gasteiger partial charge in [0.25, 0.3) is 0 Å². The third kappa shape index (κ3) is 16.6. The van der Waals surface area contributed by atoms with E-state index in [1.165, 1.54) is 0 Å². The number of ether oxygens (including phenoxy) is 3. The molecule has 0 saturated carbocycles. The number of carbonyl (C=O) groups excluding carboxylic acids is 2. The number of piperazine rings is 2. The molecule has 368 valence electrons. The molecule has 3 aromatic heterocycles. The molecule has 21 nitrogen and oxygen atoms in total. The van der Waals surface area contributed by atoms with Crippen molar-refractivity contribution in [2.24, 2.45) is 5.92 Å². The number of rotatable bonds is 30. The number of nitrogens with zero attached hydrogens (tertiary/aromatic N) is 13. The van der Waals surface area contributed by atoms with Crippen LogP contribution in [0.5, 0.6) is 0 Å². The lowest BCUT2D eigenvalue weighted by molar-refractivity contribution is -0.368. The largest absolute Gasteiger partial charge is 1.00 e. The van der Waals surface area contributed by atoms with Crippen LogP contribution in [0.3, 0.4) is 0 Å². The third-order valence-corrected chi connectivity index (χ3v) is 12.0. The predicted molar refractivity (Wildman–Crippen MR) is 246 cm³/mol. The molecule has 5 heterocycles. The van der Waals surface area contributed by atoms with Crippen molar-refractivity contribution in [3.05, 3.63) is 23.8 Å². The second-order valence-electron chi connectivity index (χ2n) is 16.8. The van der Waals surface area contributed by atoms with Crippen LogP contribution in [0.15, 0.2) is 12.4 Å².